The average Bonchev–Trinajstić information content (AvgIpc) is 2.74. The van der Waals surface area contributed by atoms with E-state index in [0.717, 1.165) is 51.8 Å². The topological polar surface area (TPSA) is 60.7 Å². The van der Waals surface area contributed by atoms with Crippen LogP contribution in [0.5, 0.6) is 5.75 Å². The third kappa shape index (κ3) is 4.68. The van der Waals surface area contributed by atoms with Crippen LogP contribution in [0.15, 0.2) is 42.5 Å². The molecule has 0 radical (unpaired) electrons. The largest absolute Gasteiger partial charge is 0.507 e. The van der Waals surface area contributed by atoms with Gasteiger partial charge in [-0.1, -0.05) is 67.4 Å². The van der Waals surface area contributed by atoms with Gasteiger partial charge >= 0.3 is 0 Å². The zero-order valence-corrected chi connectivity index (χ0v) is 19.3. The van der Waals surface area contributed by atoms with Crippen molar-refractivity contribution in [3.8, 4) is 5.75 Å². The maximum absolute atomic E-state index is 10.7. The minimum Gasteiger partial charge on any atom is -0.507 e. The number of aryl methyl sites for hydroxylation is 4. The van der Waals surface area contributed by atoms with E-state index in [1.54, 1.807) is 0 Å². The SMILES string of the molecule is CCc1cc(C(c2cc(C)cc(C)c2)c2cc(CO)c(C)c(CO)c2)cc(CC)c1O. The number of rotatable bonds is 7. The average molecular weight is 419 g/mol. The molecular weight excluding hydrogens is 384 g/mol. The lowest BCUT2D eigenvalue weighted by Crippen LogP contribution is -2.09. The molecule has 0 aliphatic rings. The fourth-order valence-corrected chi connectivity index (χ4v) is 4.61. The van der Waals surface area contributed by atoms with E-state index in [9.17, 15) is 15.3 Å². The number of aliphatic hydroxyl groups excluding tert-OH is 2. The zero-order chi connectivity index (χ0) is 22.7. The van der Waals surface area contributed by atoms with Gasteiger partial charge in [-0.3, -0.25) is 0 Å². The molecule has 0 aliphatic carbocycles. The molecule has 0 saturated carbocycles. The lowest BCUT2D eigenvalue weighted by atomic mass is 9.80. The Bertz CT molecular complexity index is 950. The van der Waals surface area contributed by atoms with E-state index >= 15 is 0 Å². The molecule has 0 amide bonds. The second-order valence-corrected chi connectivity index (χ2v) is 8.53. The smallest absolute Gasteiger partial charge is 0.121 e. The monoisotopic (exact) mass is 418 g/mol. The van der Waals surface area contributed by atoms with Gasteiger partial charge in [-0.05, 0) is 78.1 Å². The summed E-state index contributed by atoms with van der Waals surface area (Å²) < 4.78 is 0. The fourth-order valence-electron chi connectivity index (χ4n) is 4.61. The summed E-state index contributed by atoms with van der Waals surface area (Å²) >= 11 is 0. The molecule has 0 fully saturated rings. The van der Waals surface area contributed by atoms with Gasteiger partial charge in [-0.15, -0.1) is 0 Å². The first-order valence-corrected chi connectivity index (χ1v) is 11.1. The summed E-state index contributed by atoms with van der Waals surface area (Å²) in [7, 11) is 0. The summed E-state index contributed by atoms with van der Waals surface area (Å²) in [6.45, 7) is 10.1. The molecule has 0 heterocycles. The van der Waals surface area contributed by atoms with Crippen LogP contribution in [0, 0.1) is 20.8 Å². The van der Waals surface area contributed by atoms with Crippen LogP contribution in [0.3, 0.4) is 0 Å². The summed E-state index contributed by atoms with van der Waals surface area (Å²) in [6, 6.07) is 14.9. The minimum atomic E-state index is -0.0672. The second kappa shape index (κ2) is 9.67. The van der Waals surface area contributed by atoms with Crippen molar-refractivity contribution in [2.45, 2.75) is 66.6 Å². The summed E-state index contributed by atoms with van der Waals surface area (Å²) in [4.78, 5) is 0. The van der Waals surface area contributed by atoms with Crippen LogP contribution in [0.2, 0.25) is 0 Å². The molecule has 0 bridgehead atoms. The standard InChI is InChI=1S/C28H34O3/c1-6-20-11-23(12-21(7-2)28(20)31)27(22-9-17(3)8-18(4)10-22)24-13-25(15-29)19(5)26(14-24)16-30/h8-14,27,29-31H,6-7,15-16H2,1-5H3. The molecule has 3 heteroatoms. The van der Waals surface area contributed by atoms with Crippen molar-refractivity contribution in [3.05, 3.63) is 98.1 Å². The summed E-state index contributed by atoms with van der Waals surface area (Å²) in [5.74, 6) is 0.329. The number of phenols is 1. The van der Waals surface area contributed by atoms with Crippen molar-refractivity contribution in [1.82, 2.24) is 0 Å². The van der Waals surface area contributed by atoms with Gasteiger partial charge in [0.2, 0.25) is 0 Å². The summed E-state index contributed by atoms with van der Waals surface area (Å²) in [5, 5.41) is 30.6. The van der Waals surface area contributed by atoms with E-state index in [4.69, 9.17) is 0 Å². The van der Waals surface area contributed by atoms with Crippen molar-refractivity contribution in [3.63, 3.8) is 0 Å². The first-order valence-electron chi connectivity index (χ1n) is 11.1. The van der Waals surface area contributed by atoms with Crippen molar-refractivity contribution in [2.75, 3.05) is 0 Å². The van der Waals surface area contributed by atoms with Crippen LogP contribution in [0.25, 0.3) is 0 Å². The Kier molecular flexibility index (Phi) is 7.19. The summed E-state index contributed by atoms with van der Waals surface area (Å²) in [6.07, 6.45) is 1.51. The molecule has 3 nitrogen and oxygen atoms in total. The van der Waals surface area contributed by atoms with E-state index in [-0.39, 0.29) is 19.1 Å². The number of aromatic hydroxyl groups is 1. The number of aliphatic hydroxyl groups is 2. The Morgan fingerprint density at radius 3 is 1.39 bits per heavy atom. The zero-order valence-electron chi connectivity index (χ0n) is 19.3. The van der Waals surface area contributed by atoms with E-state index in [1.165, 1.54) is 16.7 Å². The van der Waals surface area contributed by atoms with Crippen molar-refractivity contribution >= 4 is 0 Å². The van der Waals surface area contributed by atoms with Gasteiger partial charge in [0.15, 0.2) is 0 Å². The molecule has 3 aromatic rings. The lowest BCUT2D eigenvalue weighted by molar-refractivity contribution is 0.273. The van der Waals surface area contributed by atoms with Crippen LogP contribution >= 0.6 is 0 Å². The van der Waals surface area contributed by atoms with Gasteiger partial charge in [-0.25, -0.2) is 0 Å². The molecule has 31 heavy (non-hydrogen) atoms. The van der Waals surface area contributed by atoms with Gasteiger partial charge in [0.25, 0.3) is 0 Å². The normalized spacial score (nSPS) is 12.2. The highest BCUT2D eigenvalue weighted by Crippen LogP contribution is 2.38. The quantitative estimate of drug-likeness (QED) is 0.437. The summed E-state index contributed by atoms with van der Waals surface area (Å²) in [5.41, 5.74) is 10.2. The molecule has 3 N–H and O–H groups in total. The van der Waals surface area contributed by atoms with Crippen LogP contribution in [-0.4, -0.2) is 15.3 Å². The van der Waals surface area contributed by atoms with Crippen LogP contribution in [0.4, 0.5) is 0 Å². The Labute approximate surface area is 186 Å². The van der Waals surface area contributed by atoms with Gasteiger partial charge in [0, 0.05) is 5.92 Å². The second-order valence-electron chi connectivity index (χ2n) is 8.53. The molecule has 1 atom stereocenters. The molecular formula is C28H34O3. The molecule has 0 spiro atoms. The number of phenolic OH excluding ortho intramolecular Hbond substituents is 1. The first kappa shape index (κ1) is 23.1. The lowest BCUT2D eigenvalue weighted by Gasteiger charge is -2.24. The Morgan fingerprint density at radius 1 is 0.613 bits per heavy atom. The van der Waals surface area contributed by atoms with E-state index in [2.05, 4.69) is 70.2 Å². The molecule has 0 aromatic heterocycles. The molecule has 164 valence electrons. The Hall–Kier alpha value is -2.62. The van der Waals surface area contributed by atoms with Crippen molar-refractivity contribution < 1.29 is 15.3 Å². The van der Waals surface area contributed by atoms with Crippen LogP contribution in [-0.2, 0) is 26.1 Å². The number of hydrogen-bond donors (Lipinski definition) is 3. The van der Waals surface area contributed by atoms with Gasteiger partial charge < -0.3 is 15.3 Å². The van der Waals surface area contributed by atoms with E-state index in [1.807, 2.05) is 6.92 Å². The highest BCUT2D eigenvalue weighted by Gasteiger charge is 2.22. The van der Waals surface area contributed by atoms with Crippen molar-refractivity contribution in [2.24, 2.45) is 0 Å². The number of benzene rings is 3. The minimum absolute atomic E-state index is 0.0639. The third-order valence-electron chi connectivity index (χ3n) is 6.28. The van der Waals surface area contributed by atoms with Gasteiger partial charge in [0.05, 0.1) is 13.2 Å². The van der Waals surface area contributed by atoms with E-state index in [0.29, 0.717) is 5.75 Å². The van der Waals surface area contributed by atoms with Gasteiger partial charge in [0.1, 0.15) is 5.75 Å². The molecule has 0 saturated heterocycles. The molecule has 3 rings (SSSR count). The van der Waals surface area contributed by atoms with Gasteiger partial charge in [-0.2, -0.15) is 0 Å². The van der Waals surface area contributed by atoms with Crippen LogP contribution in [0.1, 0.15) is 75.4 Å². The predicted octanol–water partition coefficient (Wildman–Crippen LogP) is 5.61. The maximum atomic E-state index is 10.7. The van der Waals surface area contributed by atoms with Crippen LogP contribution < -0.4 is 0 Å². The maximum Gasteiger partial charge on any atom is 0.121 e. The van der Waals surface area contributed by atoms with E-state index < -0.39 is 0 Å². The molecule has 3 aromatic carbocycles. The van der Waals surface area contributed by atoms with Crippen molar-refractivity contribution in [1.29, 1.82) is 0 Å². The Balaban J connectivity index is 2.35. The molecule has 1 unspecified atom stereocenters. The fraction of sp³-hybridized carbons (Fsp3) is 0.357. The Morgan fingerprint density at radius 2 is 1.00 bits per heavy atom. The first-order chi connectivity index (χ1) is 14.8. The highest BCUT2D eigenvalue weighted by atomic mass is 16.3. The third-order valence-corrected chi connectivity index (χ3v) is 6.28. The molecule has 0 aliphatic heterocycles. The highest BCUT2D eigenvalue weighted by molar-refractivity contribution is 5.53. The predicted molar refractivity (Wildman–Crippen MR) is 127 cm³/mol. The number of hydrogen-bond acceptors (Lipinski definition) is 3.